The lowest BCUT2D eigenvalue weighted by atomic mass is 9.89. The highest BCUT2D eigenvalue weighted by Crippen LogP contribution is 2.38. The Labute approximate surface area is 107 Å². The minimum atomic E-state index is -0.0535. The SMILES string of the molecule is O=C(NCC1(CBr)CCCC1)c1cnns1. The Balaban J connectivity index is 1.89. The number of nitrogens with one attached hydrogen (secondary N) is 1. The van der Waals surface area contributed by atoms with Crippen molar-refractivity contribution >= 4 is 33.4 Å². The van der Waals surface area contributed by atoms with Crippen LogP contribution >= 0.6 is 27.5 Å². The van der Waals surface area contributed by atoms with Crippen LogP contribution in [-0.4, -0.2) is 27.4 Å². The van der Waals surface area contributed by atoms with E-state index in [0.717, 1.165) is 23.4 Å². The molecule has 4 nitrogen and oxygen atoms in total. The van der Waals surface area contributed by atoms with Gasteiger partial charge in [-0.25, -0.2) is 0 Å². The van der Waals surface area contributed by atoms with Crippen molar-refractivity contribution in [3.63, 3.8) is 0 Å². The molecular weight excluding hydrogens is 290 g/mol. The third-order valence-electron chi connectivity index (χ3n) is 3.16. The molecule has 1 aromatic heterocycles. The summed E-state index contributed by atoms with van der Waals surface area (Å²) in [7, 11) is 0. The number of hydrogen-bond donors (Lipinski definition) is 1. The van der Waals surface area contributed by atoms with E-state index in [1.54, 1.807) is 0 Å². The van der Waals surface area contributed by atoms with Crippen LogP contribution in [0.2, 0.25) is 0 Å². The zero-order valence-electron chi connectivity index (χ0n) is 8.91. The Morgan fingerprint density at radius 1 is 1.56 bits per heavy atom. The zero-order chi connectivity index (χ0) is 11.4. The van der Waals surface area contributed by atoms with Gasteiger partial charge in [-0.1, -0.05) is 33.3 Å². The molecule has 0 saturated heterocycles. The van der Waals surface area contributed by atoms with E-state index in [9.17, 15) is 4.79 Å². The summed E-state index contributed by atoms with van der Waals surface area (Å²) >= 11 is 4.69. The van der Waals surface area contributed by atoms with Crippen LogP contribution in [0.5, 0.6) is 0 Å². The molecule has 0 radical (unpaired) electrons. The Bertz CT molecular complexity index is 349. The second kappa shape index (κ2) is 5.23. The Morgan fingerprint density at radius 3 is 2.88 bits per heavy atom. The smallest absolute Gasteiger partial charge is 0.264 e. The van der Waals surface area contributed by atoms with Gasteiger partial charge < -0.3 is 5.32 Å². The fraction of sp³-hybridized carbons (Fsp3) is 0.700. The van der Waals surface area contributed by atoms with Crippen molar-refractivity contribution in [2.24, 2.45) is 5.41 Å². The highest BCUT2D eigenvalue weighted by molar-refractivity contribution is 9.09. The Kier molecular flexibility index (Phi) is 3.91. The molecule has 1 aliphatic carbocycles. The van der Waals surface area contributed by atoms with Gasteiger partial charge in [-0.15, -0.1) is 5.10 Å². The number of halogens is 1. The van der Waals surface area contributed by atoms with Crippen LogP contribution in [0.1, 0.15) is 35.4 Å². The van der Waals surface area contributed by atoms with E-state index in [-0.39, 0.29) is 11.3 Å². The quantitative estimate of drug-likeness (QED) is 0.868. The van der Waals surface area contributed by atoms with E-state index in [4.69, 9.17) is 0 Å². The molecular formula is C10H14BrN3OS. The highest BCUT2D eigenvalue weighted by Gasteiger charge is 2.33. The first-order valence-corrected chi connectivity index (χ1v) is 7.27. The van der Waals surface area contributed by atoms with Crippen molar-refractivity contribution in [3.05, 3.63) is 11.1 Å². The Hall–Kier alpha value is -0.490. The van der Waals surface area contributed by atoms with Crippen molar-refractivity contribution in [2.45, 2.75) is 25.7 Å². The molecule has 1 aromatic rings. The summed E-state index contributed by atoms with van der Waals surface area (Å²) in [6.07, 6.45) is 6.43. The van der Waals surface area contributed by atoms with Crippen molar-refractivity contribution in [3.8, 4) is 0 Å². The maximum atomic E-state index is 11.7. The molecule has 6 heteroatoms. The Morgan fingerprint density at radius 2 is 2.31 bits per heavy atom. The largest absolute Gasteiger partial charge is 0.351 e. The van der Waals surface area contributed by atoms with Gasteiger partial charge in [0.2, 0.25) is 0 Å². The minimum Gasteiger partial charge on any atom is -0.351 e. The van der Waals surface area contributed by atoms with E-state index in [1.165, 1.54) is 31.9 Å². The topological polar surface area (TPSA) is 54.9 Å². The molecule has 1 amide bonds. The molecule has 88 valence electrons. The van der Waals surface area contributed by atoms with Gasteiger partial charge in [0.25, 0.3) is 5.91 Å². The highest BCUT2D eigenvalue weighted by atomic mass is 79.9. The van der Waals surface area contributed by atoms with Crippen LogP contribution in [-0.2, 0) is 0 Å². The number of carbonyl (C=O) groups is 1. The standard InChI is InChI=1S/C10H14BrN3OS/c11-6-10(3-1-2-4-10)7-12-9(15)8-5-13-14-16-8/h5H,1-4,6-7H2,(H,12,15). The van der Waals surface area contributed by atoms with Crippen LogP contribution in [0.25, 0.3) is 0 Å². The van der Waals surface area contributed by atoms with Crippen molar-refractivity contribution in [1.82, 2.24) is 14.9 Å². The van der Waals surface area contributed by atoms with E-state index in [2.05, 4.69) is 30.8 Å². The predicted octanol–water partition coefficient (Wildman–Crippen LogP) is 2.22. The third-order valence-corrected chi connectivity index (χ3v) is 5.01. The number of amides is 1. The molecule has 0 atom stereocenters. The van der Waals surface area contributed by atoms with Crippen LogP contribution in [0.3, 0.4) is 0 Å². The zero-order valence-corrected chi connectivity index (χ0v) is 11.3. The first kappa shape index (κ1) is 12.0. The summed E-state index contributed by atoms with van der Waals surface area (Å²) in [6.45, 7) is 0.745. The van der Waals surface area contributed by atoms with Gasteiger partial charge >= 0.3 is 0 Å². The lowest BCUT2D eigenvalue weighted by Gasteiger charge is -2.26. The summed E-state index contributed by atoms with van der Waals surface area (Å²) in [5.74, 6) is -0.0535. The molecule has 0 bridgehead atoms. The summed E-state index contributed by atoms with van der Waals surface area (Å²) in [5, 5.41) is 7.60. The second-order valence-corrected chi connectivity index (χ2v) is 5.65. The maximum Gasteiger partial charge on any atom is 0.264 e. The lowest BCUT2D eigenvalue weighted by Crippen LogP contribution is -2.36. The van der Waals surface area contributed by atoms with Crippen LogP contribution < -0.4 is 5.32 Å². The van der Waals surface area contributed by atoms with Crippen molar-refractivity contribution in [1.29, 1.82) is 0 Å². The van der Waals surface area contributed by atoms with Gasteiger partial charge in [0.15, 0.2) is 0 Å². The van der Waals surface area contributed by atoms with Gasteiger partial charge in [-0.2, -0.15) is 0 Å². The first-order valence-electron chi connectivity index (χ1n) is 5.37. The predicted molar refractivity (Wildman–Crippen MR) is 66.9 cm³/mol. The summed E-state index contributed by atoms with van der Waals surface area (Å²) < 4.78 is 3.68. The minimum absolute atomic E-state index is 0.0535. The molecule has 0 spiro atoms. The monoisotopic (exact) mass is 303 g/mol. The molecule has 1 fully saturated rings. The number of nitrogens with zero attached hydrogens (tertiary/aromatic N) is 2. The average Bonchev–Trinajstić information content (AvgIpc) is 2.98. The fourth-order valence-corrected chi connectivity index (χ4v) is 3.30. The number of carbonyl (C=O) groups excluding carboxylic acids is 1. The van der Waals surface area contributed by atoms with Gasteiger partial charge in [-0.3, -0.25) is 4.79 Å². The number of aromatic nitrogens is 2. The van der Waals surface area contributed by atoms with E-state index < -0.39 is 0 Å². The fourth-order valence-electron chi connectivity index (χ4n) is 2.10. The molecule has 1 heterocycles. The molecule has 1 N–H and O–H groups in total. The average molecular weight is 304 g/mol. The number of hydrogen-bond acceptors (Lipinski definition) is 4. The second-order valence-electron chi connectivity index (χ2n) is 4.31. The van der Waals surface area contributed by atoms with Crippen LogP contribution in [0.4, 0.5) is 0 Å². The van der Waals surface area contributed by atoms with E-state index in [0.29, 0.717) is 4.88 Å². The molecule has 16 heavy (non-hydrogen) atoms. The van der Waals surface area contributed by atoms with Gasteiger partial charge in [0.1, 0.15) is 4.88 Å². The lowest BCUT2D eigenvalue weighted by molar-refractivity contribution is 0.0939. The van der Waals surface area contributed by atoms with Crippen LogP contribution in [0.15, 0.2) is 6.20 Å². The van der Waals surface area contributed by atoms with Gasteiger partial charge in [0, 0.05) is 11.9 Å². The van der Waals surface area contributed by atoms with E-state index >= 15 is 0 Å². The molecule has 0 aromatic carbocycles. The first-order chi connectivity index (χ1) is 7.76. The van der Waals surface area contributed by atoms with Crippen molar-refractivity contribution < 1.29 is 4.79 Å². The molecule has 2 rings (SSSR count). The maximum absolute atomic E-state index is 11.7. The van der Waals surface area contributed by atoms with E-state index in [1.807, 2.05) is 0 Å². The van der Waals surface area contributed by atoms with Gasteiger partial charge in [-0.05, 0) is 29.8 Å². The van der Waals surface area contributed by atoms with Gasteiger partial charge in [0.05, 0.1) is 6.20 Å². The molecule has 0 unspecified atom stereocenters. The number of rotatable bonds is 4. The molecule has 1 aliphatic rings. The van der Waals surface area contributed by atoms with Crippen LogP contribution in [0, 0.1) is 5.41 Å². The van der Waals surface area contributed by atoms with Crippen molar-refractivity contribution in [2.75, 3.05) is 11.9 Å². The number of alkyl halides is 1. The normalized spacial score (nSPS) is 18.6. The molecule has 1 saturated carbocycles. The summed E-state index contributed by atoms with van der Waals surface area (Å²) in [5.41, 5.74) is 0.258. The summed E-state index contributed by atoms with van der Waals surface area (Å²) in [6, 6.07) is 0. The molecule has 0 aliphatic heterocycles. The summed E-state index contributed by atoms with van der Waals surface area (Å²) in [4.78, 5) is 12.3. The third kappa shape index (κ3) is 2.60.